The van der Waals surface area contributed by atoms with Crippen molar-refractivity contribution in [3.8, 4) is 21.7 Å². The van der Waals surface area contributed by atoms with E-state index in [1.54, 1.807) is 25.3 Å². The molecule has 0 saturated heterocycles. The third-order valence-electron chi connectivity index (χ3n) is 3.64. The third-order valence-corrected chi connectivity index (χ3v) is 5.08. The topological polar surface area (TPSA) is 72.0 Å². The van der Waals surface area contributed by atoms with Gasteiger partial charge >= 0.3 is 0 Å². The molecule has 3 aromatic rings. The normalized spacial score (nSPS) is 10.6. The van der Waals surface area contributed by atoms with E-state index < -0.39 is 0 Å². The molecule has 1 aromatic carbocycles. The summed E-state index contributed by atoms with van der Waals surface area (Å²) in [5.74, 6) is 0.251. The molecule has 0 aliphatic heterocycles. The monoisotopic (exact) mass is 385 g/mol. The molecule has 0 aliphatic rings. The van der Waals surface area contributed by atoms with E-state index in [0.29, 0.717) is 28.0 Å². The first-order valence-corrected chi connectivity index (χ1v) is 9.21. The van der Waals surface area contributed by atoms with Gasteiger partial charge in [-0.15, -0.1) is 11.3 Å². The Morgan fingerprint density at radius 2 is 2.00 bits per heavy atom. The van der Waals surface area contributed by atoms with Crippen LogP contribution in [0.15, 0.2) is 42.6 Å². The van der Waals surface area contributed by atoms with E-state index in [-0.39, 0.29) is 11.7 Å². The van der Waals surface area contributed by atoms with Crippen molar-refractivity contribution >= 4 is 40.4 Å². The molecule has 3 rings (SSSR count). The molecule has 1 N–H and O–H groups in total. The van der Waals surface area contributed by atoms with Gasteiger partial charge in [0.25, 0.3) is 0 Å². The number of pyridine rings is 1. The fourth-order valence-corrected chi connectivity index (χ4v) is 3.54. The second kappa shape index (κ2) is 7.76. The molecule has 132 valence electrons. The molecule has 2 heterocycles. The summed E-state index contributed by atoms with van der Waals surface area (Å²) in [6, 6.07) is 10.9. The van der Waals surface area contributed by atoms with Crippen molar-refractivity contribution in [2.75, 3.05) is 5.32 Å². The maximum Gasteiger partial charge on any atom is 0.225 e. The van der Waals surface area contributed by atoms with Gasteiger partial charge in [-0.2, -0.15) is 0 Å². The van der Waals surface area contributed by atoms with Gasteiger partial charge in [-0.3, -0.25) is 9.59 Å². The van der Waals surface area contributed by atoms with Gasteiger partial charge in [-0.25, -0.2) is 9.97 Å². The van der Waals surface area contributed by atoms with Crippen molar-refractivity contribution in [1.82, 2.24) is 9.97 Å². The van der Waals surface area contributed by atoms with Crippen LogP contribution in [0.1, 0.15) is 30.1 Å². The first-order valence-electron chi connectivity index (χ1n) is 8.02. The number of ketones is 1. The Morgan fingerprint density at radius 3 is 2.69 bits per heavy atom. The van der Waals surface area contributed by atoms with Crippen molar-refractivity contribution in [1.29, 1.82) is 0 Å². The number of thiazole rings is 1. The van der Waals surface area contributed by atoms with Crippen LogP contribution in [0.25, 0.3) is 21.7 Å². The molecular weight excluding hydrogens is 370 g/mol. The van der Waals surface area contributed by atoms with Crippen LogP contribution in [-0.4, -0.2) is 21.7 Å². The smallest absolute Gasteiger partial charge is 0.225 e. The van der Waals surface area contributed by atoms with Crippen LogP contribution < -0.4 is 5.32 Å². The lowest BCUT2D eigenvalue weighted by atomic mass is 10.1. The number of hydrogen-bond acceptors (Lipinski definition) is 5. The van der Waals surface area contributed by atoms with E-state index >= 15 is 0 Å². The molecule has 0 spiro atoms. The number of hydrogen-bond donors (Lipinski definition) is 1. The number of carbonyl (C=O) groups excluding carboxylic acids is 2. The molecule has 0 unspecified atom stereocenters. The van der Waals surface area contributed by atoms with Crippen LogP contribution in [0.4, 0.5) is 5.82 Å². The Labute approximate surface area is 160 Å². The molecule has 0 saturated carbocycles. The van der Waals surface area contributed by atoms with Gasteiger partial charge < -0.3 is 5.32 Å². The van der Waals surface area contributed by atoms with Crippen LogP contribution in [0.3, 0.4) is 0 Å². The number of anilines is 1. The SMILES string of the molecule is CCC(=O)Nc1cc(-c2sc(C(C)=O)nc2-c2cccc(Cl)c2)ccn1. The number of nitrogens with one attached hydrogen (secondary N) is 1. The van der Waals surface area contributed by atoms with Gasteiger partial charge in [0.15, 0.2) is 10.8 Å². The maximum atomic E-state index is 11.8. The summed E-state index contributed by atoms with van der Waals surface area (Å²) in [5.41, 5.74) is 2.33. The van der Waals surface area contributed by atoms with Crippen molar-refractivity contribution in [3.63, 3.8) is 0 Å². The van der Waals surface area contributed by atoms with Gasteiger partial charge in [0.05, 0.1) is 10.6 Å². The van der Waals surface area contributed by atoms with E-state index in [9.17, 15) is 9.59 Å². The molecule has 26 heavy (non-hydrogen) atoms. The summed E-state index contributed by atoms with van der Waals surface area (Å²) >= 11 is 7.42. The number of Topliss-reactive ketones (excluding diaryl/α,β-unsaturated/α-hetero) is 1. The summed E-state index contributed by atoms with van der Waals surface area (Å²) in [7, 11) is 0. The lowest BCUT2D eigenvalue weighted by molar-refractivity contribution is -0.115. The molecular formula is C19H16ClN3O2S. The number of rotatable bonds is 5. The molecule has 2 aromatic heterocycles. The molecule has 0 aliphatic carbocycles. The minimum Gasteiger partial charge on any atom is -0.311 e. The maximum absolute atomic E-state index is 11.8. The van der Waals surface area contributed by atoms with Gasteiger partial charge in [-0.05, 0) is 29.8 Å². The first kappa shape index (κ1) is 18.2. The first-order chi connectivity index (χ1) is 12.5. The Morgan fingerprint density at radius 1 is 1.19 bits per heavy atom. The molecule has 0 radical (unpaired) electrons. The average molecular weight is 386 g/mol. The zero-order chi connectivity index (χ0) is 18.7. The van der Waals surface area contributed by atoms with E-state index in [2.05, 4.69) is 15.3 Å². The largest absolute Gasteiger partial charge is 0.311 e. The molecule has 0 bridgehead atoms. The Bertz CT molecular complexity index is 984. The van der Waals surface area contributed by atoms with E-state index in [4.69, 9.17) is 11.6 Å². The van der Waals surface area contributed by atoms with E-state index in [1.165, 1.54) is 18.3 Å². The van der Waals surface area contributed by atoms with Gasteiger partial charge in [0, 0.05) is 30.1 Å². The summed E-state index contributed by atoms with van der Waals surface area (Å²) < 4.78 is 0. The Hall–Kier alpha value is -2.57. The Kier molecular flexibility index (Phi) is 5.44. The fourth-order valence-electron chi connectivity index (χ4n) is 2.37. The highest BCUT2D eigenvalue weighted by molar-refractivity contribution is 7.17. The fraction of sp³-hybridized carbons (Fsp3) is 0.158. The highest BCUT2D eigenvalue weighted by Crippen LogP contribution is 2.38. The van der Waals surface area contributed by atoms with Crippen LogP contribution in [-0.2, 0) is 4.79 Å². The van der Waals surface area contributed by atoms with Crippen molar-refractivity contribution in [3.05, 3.63) is 52.6 Å². The number of amides is 1. The quantitative estimate of drug-likeness (QED) is 0.622. The predicted molar refractivity (Wildman–Crippen MR) is 105 cm³/mol. The minimum atomic E-state index is -0.113. The zero-order valence-corrected chi connectivity index (χ0v) is 15.8. The van der Waals surface area contributed by atoms with Gasteiger partial charge in [-0.1, -0.05) is 30.7 Å². The number of benzene rings is 1. The molecule has 0 fully saturated rings. The number of carbonyl (C=O) groups is 2. The minimum absolute atomic E-state index is 0.0990. The average Bonchev–Trinajstić information content (AvgIpc) is 3.07. The lowest BCUT2D eigenvalue weighted by Gasteiger charge is -2.06. The number of aromatic nitrogens is 2. The van der Waals surface area contributed by atoms with Crippen LogP contribution >= 0.6 is 22.9 Å². The van der Waals surface area contributed by atoms with Crippen LogP contribution in [0.5, 0.6) is 0 Å². The summed E-state index contributed by atoms with van der Waals surface area (Å²) in [4.78, 5) is 33.0. The lowest BCUT2D eigenvalue weighted by Crippen LogP contribution is -2.10. The van der Waals surface area contributed by atoms with E-state index in [0.717, 1.165) is 16.0 Å². The summed E-state index contributed by atoms with van der Waals surface area (Å²) in [5, 5.41) is 3.76. The van der Waals surface area contributed by atoms with Crippen LogP contribution in [0, 0.1) is 0 Å². The second-order valence-electron chi connectivity index (χ2n) is 5.59. The second-order valence-corrected chi connectivity index (χ2v) is 7.03. The molecule has 1 amide bonds. The van der Waals surface area contributed by atoms with Crippen molar-refractivity contribution in [2.24, 2.45) is 0 Å². The summed E-state index contributed by atoms with van der Waals surface area (Å²) in [6.45, 7) is 3.27. The zero-order valence-electron chi connectivity index (χ0n) is 14.2. The van der Waals surface area contributed by atoms with Gasteiger partial charge in [0.1, 0.15) is 5.82 Å². The number of halogens is 1. The van der Waals surface area contributed by atoms with Crippen molar-refractivity contribution < 1.29 is 9.59 Å². The number of nitrogens with zero attached hydrogens (tertiary/aromatic N) is 2. The predicted octanol–water partition coefficient (Wildman–Crippen LogP) is 5.08. The van der Waals surface area contributed by atoms with E-state index in [1.807, 2.05) is 24.3 Å². The highest BCUT2D eigenvalue weighted by Gasteiger charge is 2.18. The third kappa shape index (κ3) is 3.98. The molecule has 0 atom stereocenters. The van der Waals surface area contributed by atoms with Crippen LogP contribution in [0.2, 0.25) is 5.02 Å². The summed E-state index contributed by atoms with van der Waals surface area (Å²) in [6.07, 6.45) is 1.99. The Balaban J connectivity index is 2.11. The van der Waals surface area contributed by atoms with Crippen molar-refractivity contribution in [2.45, 2.75) is 20.3 Å². The van der Waals surface area contributed by atoms with Gasteiger partial charge in [0.2, 0.25) is 5.91 Å². The highest BCUT2D eigenvalue weighted by atomic mass is 35.5. The molecule has 5 nitrogen and oxygen atoms in total. The molecule has 7 heteroatoms. The standard InChI is InChI=1S/C19H16ClN3O2S/c1-3-16(25)22-15-10-13(7-8-21-15)18-17(23-19(26-18)11(2)24)12-5-4-6-14(20)9-12/h4-10H,3H2,1-2H3,(H,21,22,25).